The molecule has 0 radical (unpaired) electrons. The van der Waals surface area contributed by atoms with Gasteiger partial charge < -0.3 is 11.1 Å². The Morgan fingerprint density at radius 2 is 2.29 bits per heavy atom. The molecule has 1 unspecified atom stereocenters. The SMILES string of the molecule is CNC(c1cc(Br)cs1)C(C)(C)CN. The van der Waals surface area contributed by atoms with E-state index in [0.717, 1.165) is 4.47 Å². The molecule has 0 aromatic carbocycles. The summed E-state index contributed by atoms with van der Waals surface area (Å²) in [6, 6.07) is 2.48. The molecule has 0 saturated heterocycles. The Morgan fingerprint density at radius 3 is 2.64 bits per heavy atom. The third-order valence-electron chi connectivity index (χ3n) is 2.47. The van der Waals surface area contributed by atoms with E-state index in [9.17, 15) is 0 Å². The summed E-state index contributed by atoms with van der Waals surface area (Å²) in [6.07, 6.45) is 0. The minimum Gasteiger partial charge on any atom is -0.330 e. The first-order chi connectivity index (χ1) is 6.51. The summed E-state index contributed by atoms with van der Waals surface area (Å²) < 4.78 is 1.14. The molecule has 0 saturated carbocycles. The lowest BCUT2D eigenvalue weighted by Gasteiger charge is -2.32. The van der Waals surface area contributed by atoms with Crippen molar-refractivity contribution in [1.29, 1.82) is 0 Å². The molecule has 0 aliphatic rings. The Labute approximate surface area is 98.0 Å². The zero-order valence-electron chi connectivity index (χ0n) is 8.80. The van der Waals surface area contributed by atoms with Crippen LogP contribution in [0.15, 0.2) is 15.9 Å². The van der Waals surface area contributed by atoms with Crippen molar-refractivity contribution in [3.63, 3.8) is 0 Å². The molecule has 80 valence electrons. The topological polar surface area (TPSA) is 38.0 Å². The molecule has 0 aliphatic heterocycles. The first-order valence-electron chi connectivity index (χ1n) is 4.62. The number of rotatable bonds is 4. The minimum atomic E-state index is 0.0824. The largest absolute Gasteiger partial charge is 0.330 e. The molecule has 14 heavy (non-hydrogen) atoms. The van der Waals surface area contributed by atoms with E-state index >= 15 is 0 Å². The third kappa shape index (κ3) is 2.57. The Morgan fingerprint density at radius 1 is 1.64 bits per heavy atom. The third-order valence-corrected chi connectivity index (χ3v) is 4.23. The number of nitrogens with two attached hydrogens (primary N) is 1. The van der Waals surface area contributed by atoms with Gasteiger partial charge >= 0.3 is 0 Å². The van der Waals surface area contributed by atoms with Crippen LogP contribution in [0.4, 0.5) is 0 Å². The molecule has 0 amide bonds. The van der Waals surface area contributed by atoms with E-state index in [0.29, 0.717) is 12.6 Å². The summed E-state index contributed by atoms with van der Waals surface area (Å²) in [6.45, 7) is 5.04. The van der Waals surface area contributed by atoms with Crippen LogP contribution < -0.4 is 11.1 Å². The Hall–Kier alpha value is 0.1000. The zero-order chi connectivity index (χ0) is 10.8. The lowest BCUT2D eigenvalue weighted by Crippen LogP contribution is -2.37. The van der Waals surface area contributed by atoms with Crippen molar-refractivity contribution >= 4 is 27.3 Å². The van der Waals surface area contributed by atoms with Gasteiger partial charge in [0.25, 0.3) is 0 Å². The molecule has 0 aliphatic carbocycles. The maximum absolute atomic E-state index is 5.78. The summed E-state index contributed by atoms with van der Waals surface area (Å²) in [7, 11) is 1.98. The normalized spacial score (nSPS) is 14.4. The van der Waals surface area contributed by atoms with Crippen molar-refractivity contribution in [3.8, 4) is 0 Å². The van der Waals surface area contributed by atoms with Crippen molar-refractivity contribution in [2.75, 3.05) is 13.6 Å². The first kappa shape index (κ1) is 12.2. The van der Waals surface area contributed by atoms with Crippen LogP contribution in [-0.4, -0.2) is 13.6 Å². The molecule has 1 aromatic rings. The van der Waals surface area contributed by atoms with Crippen molar-refractivity contribution in [2.24, 2.45) is 11.1 Å². The summed E-state index contributed by atoms with van der Waals surface area (Å²) >= 11 is 5.23. The maximum Gasteiger partial charge on any atom is 0.0476 e. The molecule has 1 heterocycles. The minimum absolute atomic E-state index is 0.0824. The molecule has 1 atom stereocenters. The Kier molecular flexibility index (Phi) is 4.13. The van der Waals surface area contributed by atoms with E-state index in [-0.39, 0.29) is 5.41 Å². The first-order valence-corrected chi connectivity index (χ1v) is 6.30. The number of hydrogen-bond donors (Lipinski definition) is 2. The van der Waals surface area contributed by atoms with Gasteiger partial charge in [0, 0.05) is 20.8 Å². The Balaban J connectivity index is 2.92. The van der Waals surface area contributed by atoms with Crippen LogP contribution in [0.2, 0.25) is 0 Å². The summed E-state index contributed by atoms with van der Waals surface area (Å²) in [4.78, 5) is 1.33. The van der Waals surface area contributed by atoms with E-state index in [1.807, 2.05) is 7.05 Å². The highest BCUT2D eigenvalue weighted by molar-refractivity contribution is 9.10. The zero-order valence-corrected chi connectivity index (χ0v) is 11.2. The molecule has 0 spiro atoms. The van der Waals surface area contributed by atoms with Crippen LogP contribution in [0.1, 0.15) is 24.8 Å². The van der Waals surface area contributed by atoms with Crippen molar-refractivity contribution < 1.29 is 0 Å². The van der Waals surface area contributed by atoms with E-state index in [1.165, 1.54) is 4.88 Å². The van der Waals surface area contributed by atoms with Crippen LogP contribution in [0.5, 0.6) is 0 Å². The average molecular weight is 277 g/mol. The average Bonchev–Trinajstić information content (AvgIpc) is 2.53. The maximum atomic E-state index is 5.78. The molecule has 2 nitrogen and oxygen atoms in total. The van der Waals surface area contributed by atoms with Gasteiger partial charge in [0.1, 0.15) is 0 Å². The number of nitrogens with one attached hydrogen (secondary N) is 1. The smallest absolute Gasteiger partial charge is 0.0476 e. The standard InChI is InChI=1S/C10H17BrN2S/c1-10(2,6-12)9(13-3)8-4-7(11)5-14-8/h4-5,9,13H,6,12H2,1-3H3. The van der Waals surface area contributed by atoms with Gasteiger partial charge in [-0.15, -0.1) is 11.3 Å². The van der Waals surface area contributed by atoms with E-state index in [4.69, 9.17) is 5.73 Å². The summed E-state index contributed by atoms with van der Waals surface area (Å²) in [5, 5.41) is 5.44. The summed E-state index contributed by atoms with van der Waals surface area (Å²) in [5.74, 6) is 0. The van der Waals surface area contributed by atoms with E-state index in [2.05, 4.69) is 46.5 Å². The molecule has 0 bridgehead atoms. The van der Waals surface area contributed by atoms with Crippen LogP contribution in [0.25, 0.3) is 0 Å². The molecule has 1 aromatic heterocycles. The van der Waals surface area contributed by atoms with Gasteiger partial charge in [-0.1, -0.05) is 13.8 Å². The fourth-order valence-corrected chi connectivity index (χ4v) is 3.28. The second kappa shape index (κ2) is 4.75. The predicted octanol–water partition coefficient (Wildman–Crippen LogP) is 2.76. The number of hydrogen-bond acceptors (Lipinski definition) is 3. The molecular weight excluding hydrogens is 260 g/mol. The highest BCUT2D eigenvalue weighted by Crippen LogP contribution is 2.36. The molecule has 3 N–H and O–H groups in total. The summed E-state index contributed by atoms with van der Waals surface area (Å²) in [5.41, 5.74) is 5.86. The number of thiophene rings is 1. The fraction of sp³-hybridized carbons (Fsp3) is 0.600. The highest BCUT2D eigenvalue weighted by Gasteiger charge is 2.29. The second-order valence-corrected chi connectivity index (χ2v) is 5.94. The number of halogens is 1. The van der Waals surface area contributed by atoms with Crippen molar-refractivity contribution in [3.05, 3.63) is 20.8 Å². The van der Waals surface area contributed by atoms with Crippen LogP contribution >= 0.6 is 27.3 Å². The molecular formula is C10H17BrN2S. The highest BCUT2D eigenvalue weighted by atomic mass is 79.9. The molecule has 0 fully saturated rings. The van der Waals surface area contributed by atoms with Gasteiger partial charge in [0.15, 0.2) is 0 Å². The van der Waals surface area contributed by atoms with Gasteiger partial charge in [-0.25, -0.2) is 0 Å². The predicted molar refractivity (Wildman–Crippen MR) is 66.7 cm³/mol. The van der Waals surface area contributed by atoms with E-state index < -0.39 is 0 Å². The monoisotopic (exact) mass is 276 g/mol. The van der Waals surface area contributed by atoms with Crippen molar-refractivity contribution in [1.82, 2.24) is 5.32 Å². The molecule has 4 heteroatoms. The Bertz CT molecular complexity index is 296. The van der Waals surface area contributed by atoms with Gasteiger partial charge in [0.2, 0.25) is 0 Å². The van der Waals surface area contributed by atoms with Gasteiger partial charge in [0.05, 0.1) is 0 Å². The van der Waals surface area contributed by atoms with Crippen molar-refractivity contribution in [2.45, 2.75) is 19.9 Å². The van der Waals surface area contributed by atoms with Crippen LogP contribution in [0.3, 0.4) is 0 Å². The fourth-order valence-electron chi connectivity index (χ4n) is 1.52. The lowest BCUT2D eigenvalue weighted by molar-refractivity contribution is 0.269. The lowest BCUT2D eigenvalue weighted by atomic mass is 9.84. The van der Waals surface area contributed by atoms with Crippen LogP contribution in [-0.2, 0) is 0 Å². The second-order valence-electron chi connectivity index (χ2n) is 4.08. The van der Waals surface area contributed by atoms with Crippen LogP contribution in [0, 0.1) is 5.41 Å². The quantitative estimate of drug-likeness (QED) is 0.888. The van der Waals surface area contributed by atoms with Gasteiger partial charge in [-0.05, 0) is 41.0 Å². The van der Waals surface area contributed by atoms with E-state index in [1.54, 1.807) is 11.3 Å². The molecule has 1 rings (SSSR count). The van der Waals surface area contributed by atoms with Gasteiger partial charge in [-0.3, -0.25) is 0 Å². The van der Waals surface area contributed by atoms with Gasteiger partial charge in [-0.2, -0.15) is 0 Å².